The van der Waals surface area contributed by atoms with Crippen molar-refractivity contribution < 1.29 is 14.3 Å². The SMILES string of the molecule is CCOC(=O)C(Cc1ccccc1)C(CC)C(=O)c1ccccc1. The Hall–Kier alpha value is -2.42. The highest BCUT2D eigenvalue weighted by Crippen LogP contribution is 2.26. The van der Waals surface area contributed by atoms with E-state index >= 15 is 0 Å². The first kappa shape index (κ1) is 17.9. The zero-order valence-electron chi connectivity index (χ0n) is 14.3. The van der Waals surface area contributed by atoms with Crippen molar-refractivity contribution in [1.29, 1.82) is 0 Å². The summed E-state index contributed by atoms with van der Waals surface area (Å²) in [4.78, 5) is 25.4. The van der Waals surface area contributed by atoms with Gasteiger partial charge in [0.1, 0.15) is 0 Å². The quantitative estimate of drug-likeness (QED) is 0.536. The second-order valence-corrected chi connectivity index (χ2v) is 5.79. The van der Waals surface area contributed by atoms with Gasteiger partial charge < -0.3 is 4.74 Å². The number of esters is 1. The molecule has 0 aromatic heterocycles. The van der Waals surface area contributed by atoms with Gasteiger partial charge in [-0.25, -0.2) is 0 Å². The first-order chi connectivity index (χ1) is 11.7. The summed E-state index contributed by atoms with van der Waals surface area (Å²) in [7, 11) is 0. The molecule has 3 heteroatoms. The monoisotopic (exact) mass is 324 g/mol. The van der Waals surface area contributed by atoms with Crippen LogP contribution in [0.25, 0.3) is 0 Å². The lowest BCUT2D eigenvalue weighted by Gasteiger charge is -2.24. The van der Waals surface area contributed by atoms with Gasteiger partial charge in [-0.2, -0.15) is 0 Å². The second-order valence-electron chi connectivity index (χ2n) is 5.79. The van der Waals surface area contributed by atoms with E-state index in [0.717, 1.165) is 5.56 Å². The highest BCUT2D eigenvalue weighted by Gasteiger charge is 2.34. The van der Waals surface area contributed by atoms with Crippen LogP contribution in [0.5, 0.6) is 0 Å². The van der Waals surface area contributed by atoms with Crippen LogP contribution in [0.1, 0.15) is 36.2 Å². The minimum absolute atomic E-state index is 0.00656. The molecular weight excluding hydrogens is 300 g/mol. The fourth-order valence-corrected chi connectivity index (χ4v) is 2.98. The predicted octanol–water partition coefficient (Wildman–Crippen LogP) is 4.32. The molecule has 126 valence electrons. The van der Waals surface area contributed by atoms with Gasteiger partial charge in [-0.05, 0) is 25.3 Å². The number of ketones is 1. The van der Waals surface area contributed by atoms with E-state index in [4.69, 9.17) is 4.74 Å². The van der Waals surface area contributed by atoms with E-state index in [2.05, 4.69) is 0 Å². The third kappa shape index (κ3) is 4.54. The average molecular weight is 324 g/mol. The van der Waals surface area contributed by atoms with Gasteiger partial charge in [0.15, 0.2) is 5.78 Å². The van der Waals surface area contributed by atoms with Gasteiger partial charge in [0.05, 0.1) is 12.5 Å². The Morgan fingerprint density at radius 2 is 1.46 bits per heavy atom. The molecule has 2 atom stereocenters. The Kier molecular flexibility index (Phi) is 6.74. The van der Waals surface area contributed by atoms with Crippen LogP contribution in [0, 0.1) is 11.8 Å². The molecule has 0 saturated carbocycles. The number of hydrogen-bond donors (Lipinski definition) is 0. The minimum Gasteiger partial charge on any atom is -0.466 e. The average Bonchev–Trinajstić information content (AvgIpc) is 2.63. The number of Topliss-reactive ketones (excluding diaryl/α,β-unsaturated/α-hetero) is 1. The lowest BCUT2D eigenvalue weighted by molar-refractivity contribution is -0.149. The molecule has 0 N–H and O–H groups in total. The van der Waals surface area contributed by atoms with E-state index in [1.54, 1.807) is 19.1 Å². The van der Waals surface area contributed by atoms with Gasteiger partial charge in [0.2, 0.25) is 0 Å². The second kappa shape index (κ2) is 9.02. The van der Waals surface area contributed by atoms with Gasteiger partial charge in [-0.3, -0.25) is 9.59 Å². The molecule has 0 spiro atoms. The van der Waals surface area contributed by atoms with E-state index in [0.29, 0.717) is 25.0 Å². The Labute approximate surface area is 143 Å². The lowest BCUT2D eigenvalue weighted by atomic mass is 9.80. The largest absolute Gasteiger partial charge is 0.466 e. The maximum Gasteiger partial charge on any atom is 0.310 e. The highest BCUT2D eigenvalue weighted by atomic mass is 16.5. The lowest BCUT2D eigenvalue weighted by Crippen LogP contribution is -2.33. The van der Waals surface area contributed by atoms with Crippen molar-refractivity contribution in [2.24, 2.45) is 11.8 Å². The van der Waals surface area contributed by atoms with Crippen LogP contribution in [0.2, 0.25) is 0 Å². The van der Waals surface area contributed by atoms with E-state index < -0.39 is 5.92 Å². The summed E-state index contributed by atoms with van der Waals surface area (Å²) in [5.74, 6) is -1.14. The van der Waals surface area contributed by atoms with E-state index in [1.165, 1.54) is 0 Å². The molecule has 0 aliphatic rings. The zero-order valence-corrected chi connectivity index (χ0v) is 14.3. The number of rotatable bonds is 8. The number of ether oxygens (including phenoxy) is 1. The van der Waals surface area contributed by atoms with E-state index in [-0.39, 0.29) is 17.7 Å². The molecule has 2 aromatic rings. The van der Waals surface area contributed by atoms with Gasteiger partial charge in [-0.15, -0.1) is 0 Å². The topological polar surface area (TPSA) is 43.4 Å². The third-order valence-electron chi connectivity index (χ3n) is 4.21. The maximum absolute atomic E-state index is 12.9. The molecule has 0 saturated heterocycles. The van der Waals surface area contributed by atoms with Crippen LogP contribution in [0.15, 0.2) is 60.7 Å². The molecule has 0 fully saturated rings. The van der Waals surface area contributed by atoms with Crippen molar-refractivity contribution >= 4 is 11.8 Å². The smallest absolute Gasteiger partial charge is 0.310 e. The molecule has 0 bridgehead atoms. The van der Waals surface area contributed by atoms with E-state index in [1.807, 2.05) is 55.5 Å². The van der Waals surface area contributed by atoms with Gasteiger partial charge in [0.25, 0.3) is 0 Å². The molecule has 24 heavy (non-hydrogen) atoms. The first-order valence-corrected chi connectivity index (χ1v) is 8.47. The third-order valence-corrected chi connectivity index (χ3v) is 4.21. The molecule has 0 amide bonds. The van der Waals surface area contributed by atoms with Crippen LogP contribution >= 0.6 is 0 Å². The molecule has 0 radical (unpaired) electrons. The van der Waals surface area contributed by atoms with Crippen molar-refractivity contribution in [2.45, 2.75) is 26.7 Å². The number of carbonyl (C=O) groups excluding carboxylic acids is 2. The molecule has 2 unspecified atom stereocenters. The summed E-state index contributed by atoms with van der Waals surface area (Å²) in [6.07, 6.45) is 1.11. The zero-order chi connectivity index (χ0) is 17.4. The van der Waals surface area contributed by atoms with Gasteiger partial charge in [0, 0.05) is 11.5 Å². The van der Waals surface area contributed by atoms with Crippen molar-refractivity contribution in [3.05, 3.63) is 71.8 Å². The summed E-state index contributed by atoms with van der Waals surface area (Å²) in [6.45, 7) is 4.06. The van der Waals surface area contributed by atoms with Gasteiger partial charge >= 0.3 is 5.97 Å². The summed E-state index contributed by atoms with van der Waals surface area (Å²) < 4.78 is 5.25. The fourth-order valence-electron chi connectivity index (χ4n) is 2.98. The fraction of sp³-hybridized carbons (Fsp3) is 0.333. The van der Waals surface area contributed by atoms with Crippen LogP contribution in [0.3, 0.4) is 0 Å². The highest BCUT2D eigenvalue weighted by molar-refractivity contribution is 6.00. The molecule has 0 aliphatic carbocycles. The molecular formula is C21H24O3. The van der Waals surface area contributed by atoms with Crippen molar-refractivity contribution in [2.75, 3.05) is 6.61 Å². The minimum atomic E-state index is -0.468. The Morgan fingerprint density at radius 1 is 0.875 bits per heavy atom. The maximum atomic E-state index is 12.9. The number of hydrogen-bond acceptors (Lipinski definition) is 3. The van der Waals surface area contributed by atoms with Crippen molar-refractivity contribution in [3.63, 3.8) is 0 Å². The summed E-state index contributed by atoms with van der Waals surface area (Å²) in [5, 5.41) is 0. The Morgan fingerprint density at radius 3 is 2.00 bits per heavy atom. The normalized spacial score (nSPS) is 13.1. The van der Waals surface area contributed by atoms with Crippen molar-refractivity contribution in [3.8, 4) is 0 Å². The molecule has 0 heterocycles. The molecule has 2 aromatic carbocycles. The summed E-state index contributed by atoms with van der Waals surface area (Å²) >= 11 is 0. The summed E-state index contributed by atoms with van der Waals surface area (Å²) in [5.41, 5.74) is 1.68. The first-order valence-electron chi connectivity index (χ1n) is 8.47. The van der Waals surface area contributed by atoms with E-state index in [9.17, 15) is 9.59 Å². The van der Waals surface area contributed by atoms with Crippen LogP contribution in [-0.2, 0) is 16.0 Å². The predicted molar refractivity (Wildman–Crippen MR) is 94.8 cm³/mol. The summed E-state index contributed by atoms with van der Waals surface area (Å²) in [6, 6.07) is 18.9. The van der Waals surface area contributed by atoms with Crippen LogP contribution in [-0.4, -0.2) is 18.4 Å². The number of benzene rings is 2. The van der Waals surface area contributed by atoms with Crippen LogP contribution in [0.4, 0.5) is 0 Å². The Balaban J connectivity index is 2.28. The van der Waals surface area contributed by atoms with Gasteiger partial charge in [-0.1, -0.05) is 67.6 Å². The Bertz CT molecular complexity index is 649. The standard InChI is InChI=1S/C21H24O3/c1-3-18(20(22)17-13-9-6-10-14-17)19(21(23)24-4-2)15-16-11-7-5-8-12-16/h5-14,18-19H,3-4,15H2,1-2H3. The van der Waals surface area contributed by atoms with Crippen molar-refractivity contribution in [1.82, 2.24) is 0 Å². The molecule has 2 rings (SSSR count). The molecule has 0 aliphatic heterocycles. The van der Waals surface area contributed by atoms with Crippen LogP contribution < -0.4 is 0 Å². The number of carbonyl (C=O) groups is 2. The molecule has 3 nitrogen and oxygen atoms in total.